The molecule has 5 heteroatoms. The van der Waals surface area contributed by atoms with Crippen LogP contribution in [-0.2, 0) is 0 Å². The van der Waals surface area contributed by atoms with Crippen molar-refractivity contribution in [2.75, 3.05) is 28.4 Å². The summed E-state index contributed by atoms with van der Waals surface area (Å²) >= 11 is 2.37. The standard InChI is InChI=1S/C23H23IO4/c1-25-15-9-11-21(27-3)18(13-15)23(17-7-5-6-8-20(17)24)19-14-16(26-2)10-12-22(19)28-4/h5-14,23H,1-4H3. The van der Waals surface area contributed by atoms with Crippen LogP contribution in [0.3, 0.4) is 0 Å². The van der Waals surface area contributed by atoms with Gasteiger partial charge in [0.05, 0.1) is 28.4 Å². The SMILES string of the molecule is COc1ccc(OC)c(C(c2ccccc2I)c2cc(OC)ccc2OC)c1. The molecule has 0 saturated heterocycles. The lowest BCUT2D eigenvalue weighted by Gasteiger charge is -2.25. The van der Waals surface area contributed by atoms with Crippen LogP contribution < -0.4 is 18.9 Å². The first kappa shape index (κ1) is 20.3. The molecule has 0 atom stereocenters. The van der Waals surface area contributed by atoms with Crippen molar-refractivity contribution < 1.29 is 18.9 Å². The maximum absolute atomic E-state index is 5.71. The lowest BCUT2D eigenvalue weighted by atomic mass is 9.84. The van der Waals surface area contributed by atoms with Crippen LogP contribution in [0, 0.1) is 3.57 Å². The maximum Gasteiger partial charge on any atom is 0.123 e. The molecule has 28 heavy (non-hydrogen) atoms. The highest BCUT2D eigenvalue weighted by molar-refractivity contribution is 14.1. The van der Waals surface area contributed by atoms with E-state index >= 15 is 0 Å². The molecule has 0 unspecified atom stereocenters. The Hall–Kier alpha value is -2.41. The predicted octanol–water partition coefficient (Wildman–Crippen LogP) is 5.51. The molecule has 3 aromatic rings. The van der Waals surface area contributed by atoms with E-state index in [1.54, 1.807) is 28.4 Å². The molecule has 0 bridgehead atoms. The van der Waals surface area contributed by atoms with Gasteiger partial charge in [-0.05, 0) is 70.6 Å². The molecule has 0 heterocycles. The second-order valence-corrected chi connectivity index (χ2v) is 7.33. The second-order valence-electron chi connectivity index (χ2n) is 6.17. The molecule has 146 valence electrons. The molecule has 4 nitrogen and oxygen atoms in total. The molecule has 3 rings (SSSR count). The number of rotatable bonds is 7. The zero-order valence-electron chi connectivity index (χ0n) is 16.4. The number of benzene rings is 3. The van der Waals surface area contributed by atoms with Crippen LogP contribution in [0.4, 0.5) is 0 Å². The third-order valence-electron chi connectivity index (χ3n) is 4.71. The van der Waals surface area contributed by atoms with Gasteiger partial charge in [0.1, 0.15) is 23.0 Å². The quantitative estimate of drug-likeness (QED) is 0.324. The average Bonchev–Trinajstić information content (AvgIpc) is 2.75. The molecule has 3 aromatic carbocycles. The molecule has 0 fully saturated rings. The summed E-state index contributed by atoms with van der Waals surface area (Å²) in [4.78, 5) is 0. The van der Waals surface area contributed by atoms with Crippen molar-refractivity contribution in [2.45, 2.75) is 5.92 Å². The Kier molecular flexibility index (Phi) is 6.67. The minimum Gasteiger partial charge on any atom is -0.497 e. The van der Waals surface area contributed by atoms with Crippen LogP contribution in [0.15, 0.2) is 60.7 Å². The molecule has 0 amide bonds. The third kappa shape index (κ3) is 4.04. The molecular weight excluding hydrogens is 467 g/mol. The number of hydrogen-bond donors (Lipinski definition) is 0. The fourth-order valence-corrected chi connectivity index (χ4v) is 4.04. The number of halogens is 1. The molecule has 0 aliphatic rings. The van der Waals surface area contributed by atoms with Gasteiger partial charge in [-0.2, -0.15) is 0 Å². The van der Waals surface area contributed by atoms with Crippen molar-refractivity contribution in [3.05, 3.63) is 80.9 Å². The second kappa shape index (κ2) is 9.19. The summed E-state index contributed by atoms with van der Waals surface area (Å²) in [7, 11) is 6.69. The zero-order chi connectivity index (χ0) is 20.1. The summed E-state index contributed by atoms with van der Waals surface area (Å²) < 4.78 is 23.6. The molecule has 0 spiro atoms. The van der Waals surface area contributed by atoms with Gasteiger partial charge in [0.15, 0.2) is 0 Å². The molecule has 0 saturated carbocycles. The van der Waals surface area contributed by atoms with E-state index in [0.29, 0.717) is 0 Å². The third-order valence-corrected chi connectivity index (χ3v) is 5.69. The lowest BCUT2D eigenvalue weighted by Crippen LogP contribution is -2.09. The van der Waals surface area contributed by atoms with Crippen molar-refractivity contribution in [3.63, 3.8) is 0 Å². The highest BCUT2D eigenvalue weighted by Gasteiger charge is 2.26. The Bertz CT molecular complexity index is 900. The van der Waals surface area contributed by atoms with Crippen LogP contribution in [0.2, 0.25) is 0 Å². The molecule has 0 aliphatic heterocycles. The summed E-state index contributed by atoms with van der Waals surface area (Å²) in [6, 6.07) is 20.0. The molecule has 0 radical (unpaired) electrons. The number of hydrogen-bond acceptors (Lipinski definition) is 4. The minimum atomic E-state index is -0.122. The van der Waals surface area contributed by atoms with Gasteiger partial charge in [-0.3, -0.25) is 0 Å². The average molecular weight is 490 g/mol. The predicted molar refractivity (Wildman–Crippen MR) is 119 cm³/mol. The molecular formula is C23H23IO4. The number of ether oxygens (including phenoxy) is 4. The van der Waals surface area contributed by atoms with E-state index in [2.05, 4.69) is 34.7 Å². The van der Waals surface area contributed by atoms with E-state index in [-0.39, 0.29) is 5.92 Å². The van der Waals surface area contributed by atoms with Gasteiger partial charge in [-0.15, -0.1) is 0 Å². The minimum absolute atomic E-state index is 0.122. The first-order chi connectivity index (χ1) is 13.6. The summed E-state index contributed by atoms with van der Waals surface area (Å²) in [6.45, 7) is 0. The zero-order valence-corrected chi connectivity index (χ0v) is 18.5. The first-order valence-corrected chi connectivity index (χ1v) is 9.89. The van der Waals surface area contributed by atoms with Crippen molar-refractivity contribution in [1.82, 2.24) is 0 Å². The molecule has 0 aromatic heterocycles. The maximum atomic E-state index is 5.71. The van der Waals surface area contributed by atoms with Gasteiger partial charge in [0, 0.05) is 20.6 Å². The van der Waals surface area contributed by atoms with E-state index in [9.17, 15) is 0 Å². The van der Waals surface area contributed by atoms with E-state index in [1.165, 1.54) is 0 Å². The Labute approximate surface area is 179 Å². The van der Waals surface area contributed by atoms with Gasteiger partial charge < -0.3 is 18.9 Å². The summed E-state index contributed by atoms with van der Waals surface area (Å²) in [5.74, 6) is 3.00. The van der Waals surface area contributed by atoms with Crippen molar-refractivity contribution in [1.29, 1.82) is 0 Å². The van der Waals surface area contributed by atoms with E-state index < -0.39 is 0 Å². The molecule has 0 N–H and O–H groups in total. The Morgan fingerprint density at radius 2 is 1.11 bits per heavy atom. The van der Waals surface area contributed by atoms with Crippen molar-refractivity contribution in [3.8, 4) is 23.0 Å². The number of methoxy groups -OCH3 is 4. The van der Waals surface area contributed by atoms with Crippen molar-refractivity contribution in [2.24, 2.45) is 0 Å². The first-order valence-electron chi connectivity index (χ1n) is 8.81. The summed E-state index contributed by atoms with van der Waals surface area (Å²) in [5.41, 5.74) is 3.15. The fourth-order valence-electron chi connectivity index (χ4n) is 3.34. The van der Waals surface area contributed by atoms with Gasteiger partial charge in [0.25, 0.3) is 0 Å². The monoisotopic (exact) mass is 490 g/mol. The van der Waals surface area contributed by atoms with Crippen LogP contribution >= 0.6 is 22.6 Å². The van der Waals surface area contributed by atoms with Crippen LogP contribution in [0.1, 0.15) is 22.6 Å². The van der Waals surface area contributed by atoms with Gasteiger partial charge in [-0.1, -0.05) is 18.2 Å². The summed E-state index contributed by atoms with van der Waals surface area (Å²) in [5, 5.41) is 0. The van der Waals surface area contributed by atoms with E-state index in [4.69, 9.17) is 18.9 Å². The summed E-state index contributed by atoms with van der Waals surface area (Å²) in [6.07, 6.45) is 0. The van der Waals surface area contributed by atoms with Crippen LogP contribution in [0.25, 0.3) is 0 Å². The van der Waals surface area contributed by atoms with E-state index in [0.717, 1.165) is 43.3 Å². The fraction of sp³-hybridized carbons (Fsp3) is 0.217. The Morgan fingerprint density at radius 1 is 0.607 bits per heavy atom. The largest absolute Gasteiger partial charge is 0.497 e. The topological polar surface area (TPSA) is 36.9 Å². The van der Waals surface area contributed by atoms with Gasteiger partial charge in [-0.25, -0.2) is 0 Å². The van der Waals surface area contributed by atoms with Crippen LogP contribution in [-0.4, -0.2) is 28.4 Å². The molecule has 0 aliphatic carbocycles. The van der Waals surface area contributed by atoms with Crippen LogP contribution in [0.5, 0.6) is 23.0 Å². The van der Waals surface area contributed by atoms with Crippen molar-refractivity contribution >= 4 is 22.6 Å². The normalized spacial score (nSPS) is 10.6. The van der Waals surface area contributed by atoms with E-state index in [1.807, 2.05) is 48.5 Å². The Balaban J connectivity index is 2.34. The Morgan fingerprint density at radius 3 is 1.54 bits per heavy atom. The smallest absolute Gasteiger partial charge is 0.123 e. The van der Waals surface area contributed by atoms with Gasteiger partial charge in [0.2, 0.25) is 0 Å². The lowest BCUT2D eigenvalue weighted by molar-refractivity contribution is 0.392. The highest BCUT2D eigenvalue weighted by Crippen LogP contribution is 2.44. The highest BCUT2D eigenvalue weighted by atomic mass is 127. The van der Waals surface area contributed by atoms with Gasteiger partial charge >= 0.3 is 0 Å².